The Hall–Kier alpha value is -2.73. The predicted molar refractivity (Wildman–Crippen MR) is 107 cm³/mol. The number of aryl methyl sites for hydroxylation is 1. The number of nitrogens with zero attached hydrogens (tertiary/aromatic N) is 2. The first-order chi connectivity index (χ1) is 13.0. The van der Waals surface area contributed by atoms with Crippen LogP contribution in [-0.2, 0) is 9.59 Å². The highest BCUT2D eigenvalue weighted by Gasteiger charge is 2.26. The number of piperazine rings is 1. The third-order valence-corrected chi connectivity index (χ3v) is 4.83. The van der Waals surface area contributed by atoms with Gasteiger partial charge in [-0.1, -0.05) is 23.7 Å². The number of carbonyl (C=O) groups excluding carboxylic acids is 2. The zero-order valence-electron chi connectivity index (χ0n) is 15.4. The molecule has 0 saturated carbocycles. The summed E-state index contributed by atoms with van der Waals surface area (Å²) in [5, 5.41) is 2.97. The summed E-state index contributed by atoms with van der Waals surface area (Å²) in [6.07, 6.45) is 0. The lowest BCUT2D eigenvalue weighted by Crippen LogP contribution is -2.51. The van der Waals surface area contributed by atoms with Crippen LogP contribution >= 0.6 is 11.6 Å². The lowest BCUT2D eigenvalue weighted by Gasteiger charge is -2.35. The SMILES string of the molecule is COc1ccc(NC(=O)C(=O)N2CCN(c3cccc(C)c3)CC2)cc1Cl. The number of benzene rings is 2. The molecule has 6 nitrogen and oxygen atoms in total. The summed E-state index contributed by atoms with van der Waals surface area (Å²) in [5.41, 5.74) is 2.79. The largest absolute Gasteiger partial charge is 0.495 e. The monoisotopic (exact) mass is 387 g/mol. The fourth-order valence-corrected chi connectivity index (χ4v) is 3.32. The predicted octanol–water partition coefficient (Wildman–Crippen LogP) is 2.94. The Labute approximate surface area is 163 Å². The summed E-state index contributed by atoms with van der Waals surface area (Å²) in [4.78, 5) is 28.5. The summed E-state index contributed by atoms with van der Waals surface area (Å²) in [7, 11) is 1.51. The molecular formula is C20H22ClN3O3. The van der Waals surface area contributed by atoms with Crippen molar-refractivity contribution in [3.8, 4) is 5.75 Å². The minimum Gasteiger partial charge on any atom is -0.495 e. The van der Waals surface area contributed by atoms with E-state index in [1.54, 1.807) is 23.1 Å². The van der Waals surface area contributed by atoms with E-state index in [1.165, 1.54) is 12.7 Å². The van der Waals surface area contributed by atoms with Crippen molar-refractivity contribution in [1.29, 1.82) is 0 Å². The van der Waals surface area contributed by atoms with E-state index < -0.39 is 11.8 Å². The van der Waals surface area contributed by atoms with Crippen molar-refractivity contribution < 1.29 is 14.3 Å². The molecule has 0 radical (unpaired) electrons. The molecule has 0 aliphatic carbocycles. The van der Waals surface area contributed by atoms with Crippen LogP contribution in [0.5, 0.6) is 5.75 Å². The van der Waals surface area contributed by atoms with Gasteiger partial charge in [0, 0.05) is 37.6 Å². The number of hydrogen-bond acceptors (Lipinski definition) is 4. The molecule has 1 aliphatic rings. The lowest BCUT2D eigenvalue weighted by atomic mass is 10.2. The van der Waals surface area contributed by atoms with Gasteiger partial charge in [0.25, 0.3) is 0 Å². The number of ether oxygens (including phenoxy) is 1. The molecule has 142 valence electrons. The molecule has 27 heavy (non-hydrogen) atoms. The van der Waals surface area contributed by atoms with Crippen LogP contribution in [0, 0.1) is 6.92 Å². The summed E-state index contributed by atoms with van der Waals surface area (Å²) in [6.45, 7) is 4.44. The standard InChI is InChI=1S/C20H22ClN3O3/c1-14-4-3-5-16(12-14)23-8-10-24(11-9-23)20(26)19(25)22-15-6-7-18(27-2)17(21)13-15/h3-7,12-13H,8-11H2,1-2H3,(H,22,25). The zero-order valence-corrected chi connectivity index (χ0v) is 16.1. The van der Waals surface area contributed by atoms with Gasteiger partial charge >= 0.3 is 11.8 Å². The number of amides is 2. The number of methoxy groups -OCH3 is 1. The van der Waals surface area contributed by atoms with Gasteiger partial charge in [-0.3, -0.25) is 9.59 Å². The van der Waals surface area contributed by atoms with E-state index >= 15 is 0 Å². The van der Waals surface area contributed by atoms with Crippen LogP contribution in [0.4, 0.5) is 11.4 Å². The van der Waals surface area contributed by atoms with E-state index in [-0.39, 0.29) is 0 Å². The van der Waals surface area contributed by atoms with Crippen molar-refractivity contribution in [2.45, 2.75) is 6.92 Å². The molecule has 3 rings (SSSR count). The number of rotatable bonds is 3. The van der Waals surface area contributed by atoms with E-state index in [2.05, 4.69) is 35.3 Å². The average Bonchev–Trinajstić information content (AvgIpc) is 2.67. The molecule has 1 N–H and O–H groups in total. The summed E-state index contributed by atoms with van der Waals surface area (Å²) in [6, 6.07) is 13.1. The molecule has 2 amide bonds. The summed E-state index contributed by atoms with van der Waals surface area (Å²) >= 11 is 6.05. The Morgan fingerprint density at radius 3 is 2.44 bits per heavy atom. The second-order valence-electron chi connectivity index (χ2n) is 6.42. The van der Waals surface area contributed by atoms with Crippen molar-refractivity contribution in [1.82, 2.24) is 4.90 Å². The first-order valence-electron chi connectivity index (χ1n) is 8.73. The quantitative estimate of drug-likeness (QED) is 0.822. The number of hydrogen-bond donors (Lipinski definition) is 1. The van der Waals surface area contributed by atoms with Crippen molar-refractivity contribution >= 4 is 34.8 Å². The highest BCUT2D eigenvalue weighted by atomic mass is 35.5. The van der Waals surface area contributed by atoms with Crippen molar-refractivity contribution in [2.75, 3.05) is 43.5 Å². The molecule has 1 aliphatic heterocycles. The van der Waals surface area contributed by atoms with Crippen LogP contribution in [0.2, 0.25) is 5.02 Å². The molecular weight excluding hydrogens is 366 g/mol. The van der Waals surface area contributed by atoms with Crippen LogP contribution in [0.1, 0.15) is 5.56 Å². The van der Waals surface area contributed by atoms with Gasteiger partial charge < -0.3 is 19.9 Å². The molecule has 1 heterocycles. The highest BCUT2D eigenvalue weighted by Crippen LogP contribution is 2.27. The molecule has 0 atom stereocenters. The van der Waals surface area contributed by atoms with Gasteiger partial charge in [0.1, 0.15) is 5.75 Å². The minimum atomic E-state index is -0.666. The number of carbonyl (C=O) groups is 2. The molecule has 0 bridgehead atoms. The van der Waals surface area contributed by atoms with Gasteiger partial charge in [-0.05, 0) is 42.8 Å². The smallest absolute Gasteiger partial charge is 0.313 e. The van der Waals surface area contributed by atoms with Crippen LogP contribution in [0.25, 0.3) is 0 Å². The van der Waals surface area contributed by atoms with Crippen LogP contribution in [-0.4, -0.2) is 50.0 Å². The van der Waals surface area contributed by atoms with E-state index in [1.807, 2.05) is 6.07 Å². The van der Waals surface area contributed by atoms with Gasteiger partial charge in [-0.15, -0.1) is 0 Å². The highest BCUT2D eigenvalue weighted by molar-refractivity contribution is 6.39. The maximum absolute atomic E-state index is 12.4. The lowest BCUT2D eigenvalue weighted by molar-refractivity contribution is -0.143. The minimum absolute atomic E-state index is 0.370. The van der Waals surface area contributed by atoms with E-state index in [9.17, 15) is 9.59 Å². The van der Waals surface area contributed by atoms with Gasteiger partial charge in [0.2, 0.25) is 0 Å². The second-order valence-corrected chi connectivity index (χ2v) is 6.83. The first kappa shape index (κ1) is 19.0. The third-order valence-electron chi connectivity index (χ3n) is 4.54. The fraction of sp³-hybridized carbons (Fsp3) is 0.300. The second kappa shape index (κ2) is 8.31. The van der Waals surface area contributed by atoms with Crippen molar-refractivity contribution in [2.24, 2.45) is 0 Å². The molecule has 2 aromatic carbocycles. The average molecular weight is 388 g/mol. The zero-order chi connectivity index (χ0) is 19.4. The van der Waals surface area contributed by atoms with Crippen molar-refractivity contribution in [3.63, 3.8) is 0 Å². The Morgan fingerprint density at radius 1 is 1.07 bits per heavy atom. The number of anilines is 2. The van der Waals surface area contributed by atoms with E-state index in [4.69, 9.17) is 16.3 Å². The van der Waals surface area contributed by atoms with Crippen LogP contribution in [0.3, 0.4) is 0 Å². The number of nitrogens with one attached hydrogen (secondary N) is 1. The molecule has 2 aromatic rings. The van der Waals surface area contributed by atoms with Crippen LogP contribution < -0.4 is 15.0 Å². The maximum Gasteiger partial charge on any atom is 0.313 e. The molecule has 0 aromatic heterocycles. The summed E-state index contributed by atoms with van der Waals surface area (Å²) in [5.74, 6) is -0.695. The Balaban J connectivity index is 1.57. The first-order valence-corrected chi connectivity index (χ1v) is 9.11. The Kier molecular flexibility index (Phi) is 5.86. The molecule has 7 heteroatoms. The van der Waals surface area contributed by atoms with E-state index in [0.717, 1.165) is 5.69 Å². The Bertz CT molecular complexity index is 848. The van der Waals surface area contributed by atoms with Crippen LogP contribution in [0.15, 0.2) is 42.5 Å². The summed E-state index contributed by atoms with van der Waals surface area (Å²) < 4.78 is 5.08. The molecule has 0 spiro atoms. The molecule has 1 fully saturated rings. The maximum atomic E-state index is 12.4. The molecule has 1 saturated heterocycles. The third kappa shape index (κ3) is 4.52. The van der Waals surface area contributed by atoms with Gasteiger partial charge in [0.15, 0.2) is 0 Å². The topological polar surface area (TPSA) is 61.9 Å². The fourth-order valence-electron chi connectivity index (χ4n) is 3.06. The van der Waals surface area contributed by atoms with E-state index in [0.29, 0.717) is 42.6 Å². The van der Waals surface area contributed by atoms with Gasteiger partial charge in [0.05, 0.1) is 12.1 Å². The molecule has 0 unspecified atom stereocenters. The van der Waals surface area contributed by atoms with Crippen molar-refractivity contribution in [3.05, 3.63) is 53.1 Å². The Morgan fingerprint density at radius 2 is 1.81 bits per heavy atom. The normalized spacial score (nSPS) is 14.0. The number of halogens is 1. The van der Waals surface area contributed by atoms with Gasteiger partial charge in [-0.25, -0.2) is 0 Å². The van der Waals surface area contributed by atoms with Gasteiger partial charge in [-0.2, -0.15) is 0 Å².